The largest absolute Gasteiger partial charge is 0.301 e. The van der Waals surface area contributed by atoms with Gasteiger partial charge in [0.25, 0.3) is 0 Å². The highest BCUT2D eigenvalue weighted by molar-refractivity contribution is 8.00. The van der Waals surface area contributed by atoms with E-state index in [1.54, 1.807) is 6.20 Å². The highest BCUT2D eigenvalue weighted by atomic mass is 32.2. The SMILES string of the molecule is CC(Sc1nnc2ccc3ccccc3n12)C(=O)Nc1nccs1. The summed E-state index contributed by atoms with van der Waals surface area (Å²) in [5, 5.41) is 15.2. The smallest absolute Gasteiger partial charge is 0.239 e. The summed E-state index contributed by atoms with van der Waals surface area (Å²) in [6, 6.07) is 12.0. The second-order valence-electron chi connectivity index (χ2n) is 5.15. The molecule has 0 aliphatic carbocycles. The van der Waals surface area contributed by atoms with Crippen molar-refractivity contribution in [3.63, 3.8) is 0 Å². The topological polar surface area (TPSA) is 72.2 Å². The Balaban J connectivity index is 1.64. The van der Waals surface area contributed by atoms with Crippen LogP contribution in [-0.2, 0) is 4.79 Å². The van der Waals surface area contributed by atoms with Crippen molar-refractivity contribution < 1.29 is 4.79 Å². The van der Waals surface area contributed by atoms with E-state index >= 15 is 0 Å². The average molecular weight is 355 g/mol. The minimum Gasteiger partial charge on any atom is -0.301 e. The number of nitrogens with one attached hydrogen (secondary N) is 1. The maximum atomic E-state index is 12.3. The standard InChI is InChI=1S/C16H13N5OS2/c1-10(14(22)18-15-17-8-9-23-15)24-16-20-19-13-7-6-11-4-2-3-5-12(11)21(13)16/h2-10H,1H3,(H,17,18,22). The minimum absolute atomic E-state index is 0.105. The first-order valence-corrected chi connectivity index (χ1v) is 9.08. The number of thioether (sulfide) groups is 1. The van der Waals surface area contributed by atoms with E-state index in [1.165, 1.54) is 23.1 Å². The van der Waals surface area contributed by atoms with Gasteiger partial charge < -0.3 is 5.32 Å². The Morgan fingerprint density at radius 1 is 1.25 bits per heavy atom. The van der Waals surface area contributed by atoms with Crippen LogP contribution in [0.3, 0.4) is 0 Å². The summed E-state index contributed by atoms with van der Waals surface area (Å²) in [5.74, 6) is -0.105. The van der Waals surface area contributed by atoms with Crippen LogP contribution in [0, 0.1) is 0 Å². The van der Waals surface area contributed by atoms with E-state index in [0.29, 0.717) is 10.3 Å². The summed E-state index contributed by atoms with van der Waals surface area (Å²) in [7, 11) is 0. The summed E-state index contributed by atoms with van der Waals surface area (Å²) in [4.78, 5) is 16.4. The van der Waals surface area contributed by atoms with Crippen molar-refractivity contribution >= 4 is 50.7 Å². The van der Waals surface area contributed by atoms with E-state index in [2.05, 4.69) is 20.5 Å². The van der Waals surface area contributed by atoms with Crippen LogP contribution >= 0.6 is 23.1 Å². The molecule has 24 heavy (non-hydrogen) atoms. The van der Waals surface area contributed by atoms with Gasteiger partial charge in [-0.1, -0.05) is 30.0 Å². The predicted molar refractivity (Wildman–Crippen MR) is 96.6 cm³/mol. The van der Waals surface area contributed by atoms with Crippen molar-refractivity contribution in [2.24, 2.45) is 0 Å². The molecule has 0 saturated heterocycles. The molecular weight excluding hydrogens is 342 g/mol. The number of pyridine rings is 1. The molecule has 6 nitrogen and oxygen atoms in total. The summed E-state index contributed by atoms with van der Waals surface area (Å²) in [6.45, 7) is 1.85. The molecule has 120 valence electrons. The van der Waals surface area contributed by atoms with E-state index in [9.17, 15) is 4.79 Å². The van der Waals surface area contributed by atoms with Crippen molar-refractivity contribution in [2.45, 2.75) is 17.3 Å². The van der Waals surface area contributed by atoms with E-state index < -0.39 is 0 Å². The van der Waals surface area contributed by atoms with Crippen LogP contribution in [0.1, 0.15) is 6.92 Å². The highest BCUT2D eigenvalue weighted by Gasteiger charge is 2.19. The zero-order chi connectivity index (χ0) is 16.5. The Labute approximate surface area is 145 Å². The molecule has 0 aliphatic heterocycles. The Morgan fingerprint density at radius 2 is 2.12 bits per heavy atom. The van der Waals surface area contributed by atoms with Crippen LogP contribution in [0.5, 0.6) is 0 Å². The van der Waals surface area contributed by atoms with Crippen molar-refractivity contribution in [1.82, 2.24) is 19.6 Å². The molecule has 0 spiro atoms. The van der Waals surface area contributed by atoms with Gasteiger partial charge in [0, 0.05) is 11.6 Å². The summed E-state index contributed by atoms with van der Waals surface area (Å²) < 4.78 is 1.98. The monoisotopic (exact) mass is 355 g/mol. The lowest BCUT2D eigenvalue weighted by Gasteiger charge is -2.10. The Bertz CT molecular complexity index is 1010. The van der Waals surface area contributed by atoms with Gasteiger partial charge in [0.15, 0.2) is 15.9 Å². The number of amides is 1. The van der Waals surface area contributed by atoms with E-state index in [-0.39, 0.29) is 11.2 Å². The maximum Gasteiger partial charge on any atom is 0.239 e. The third-order valence-corrected chi connectivity index (χ3v) is 5.29. The molecule has 4 rings (SSSR count). The van der Waals surface area contributed by atoms with Crippen LogP contribution in [0.15, 0.2) is 53.1 Å². The number of hydrogen-bond donors (Lipinski definition) is 1. The summed E-state index contributed by atoms with van der Waals surface area (Å²) in [6.07, 6.45) is 1.66. The maximum absolute atomic E-state index is 12.3. The van der Waals surface area contributed by atoms with Gasteiger partial charge >= 0.3 is 0 Å². The van der Waals surface area contributed by atoms with Crippen molar-refractivity contribution in [2.75, 3.05) is 5.32 Å². The molecule has 0 radical (unpaired) electrons. The molecule has 1 aromatic carbocycles. The molecule has 1 amide bonds. The first-order valence-electron chi connectivity index (χ1n) is 7.32. The van der Waals surface area contributed by atoms with E-state index in [4.69, 9.17) is 0 Å². The number of thiazole rings is 1. The van der Waals surface area contributed by atoms with Gasteiger partial charge in [-0.25, -0.2) is 4.98 Å². The van der Waals surface area contributed by atoms with Crippen LogP contribution in [0.4, 0.5) is 5.13 Å². The van der Waals surface area contributed by atoms with Crippen molar-refractivity contribution in [3.05, 3.63) is 48.0 Å². The lowest BCUT2D eigenvalue weighted by Crippen LogP contribution is -2.22. The molecule has 8 heteroatoms. The number of nitrogens with zero attached hydrogens (tertiary/aromatic N) is 4. The number of hydrogen-bond acceptors (Lipinski definition) is 6. The fourth-order valence-corrected chi connectivity index (χ4v) is 3.79. The molecule has 3 heterocycles. The molecule has 1 atom stereocenters. The Morgan fingerprint density at radius 3 is 2.96 bits per heavy atom. The first kappa shape index (κ1) is 15.1. The quantitative estimate of drug-likeness (QED) is 0.568. The van der Waals surface area contributed by atoms with Gasteiger partial charge in [0.05, 0.1) is 10.8 Å². The van der Waals surface area contributed by atoms with Crippen LogP contribution in [0.25, 0.3) is 16.6 Å². The van der Waals surface area contributed by atoms with E-state index in [1.807, 2.05) is 53.1 Å². The van der Waals surface area contributed by atoms with Crippen LogP contribution in [-0.4, -0.2) is 30.7 Å². The number of carbonyl (C=O) groups excluding carboxylic acids is 1. The predicted octanol–water partition coefficient (Wildman–Crippen LogP) is 3.46. The summed E-state index contributed by atoms with van der Waals surface area (Å²) in [5.41, 5.74) is 1.79. The second kappa shape index (κ2) is 6.21. The van der Waals surface area contributed by atoms with Gasteiger partial charge in [-0.15, -0.1) is 21.5 Å². The number of benzene rings is 1. The zero-order valence-corrected chi connectivity index (χ0v) is 14.3. The highest BCUT2D eigenvalue weighted by Crippen LogP contribution is 2.26. The van der Waals surface area contributed by atoms with Gasteiger partial charge in [-0.2, -0.15) is 0 Å². The lowest BCUT2D eigenvalue weighted by molar-refractivity contribution is -0.115. The van der Waals surface area contributed by atoms with Crippen LogP contribution < -0.4 is 5.32 Å². The molecule has 0 fully saturated rings. The molecule has 4 aromatic rings. The summed E-state index contributed by atoms with van der Waals surface area (Å²) >= 11 is 2.77. The van der Waals surface area contributed by atoms with Crippen LogP contribution in [0.2, 0.25) is 0 Å². The molecule has 1 N–H and O–H groups in total. The lowest BCUT2D eigenvalue weighted by atomic mass is 10.2. The molecule has 0 aliphatic rings. The van der Waals surface area contributed by atoms with E-state index in [0.717, 1.165) is 16.6 Å². The molecular formula is C16H13N5OS2. The number of para-hydroxylation sites is 1. The third kappa shape index (κ3) is 2.74. The average Bonchev–Trinajstić information content (AvgIpc) is 3.25. The normalized spacial score (nSPS) is 12.5. The van der Waals surface area contributed by atoms with Crippen molar-refractivity contribution in [1.29, 1.82) is 0 Å². The van der Waals surface area contributed by atoms with Gasteiger partial charge in [-0.05, 0) is 30.5 Å². The number of fused-ring (bicyclic) bond motifs is 3. The van der Waals surface area contributed by atoms with Gasteiger partial charge in [0.2, 0.25) is 5.91 Å². The number of carbonyl (C=O) groups is 1. The molecule has 0 saturated carbocycles. The Hall–Kier alpha value is -2.45. The zero-order valence-electron chi connectivity index (χ0n) is 12.7. The molecule has 0 bridgehead atoms. The number of aromatic nitrogens is 4. The van der Waals surface area contributed by atoms with Gasteiger partial charge in [0.1, 0.15) is 0 Å². The van der Waals surface area contributed by atoms with Gasteiger partial charge in [-0.3, -0.25) is 9.20 Å². The third-order valence-electron chi connectivity index (χ3n) is 3.56. The number of anilines is 1. The number of rotatable bonds is 4. The second-order valence-corrected chi connectivity index (χ2v) is 7.36. The fourth-order valence-electron chi connectivity index (χ4n) is 2.39. The minimum atomic E-state index is -0.319. The first-order chi connectivity index (χ1) is 11.7. The molecule has 3 aromatic heterocycles. The fraction of sp³-hybridized carbons (Fsp3) is 0.125. The van der Waals surface area contributed by atoms with Crippen molar-refractivity contribution in [3.8, 4) is 0 Å². The Kier molecular flexibility index (Phi) is 3.91. The molecule has 1 unspecified atom stereocenters.